The molecule has 0 spiro atoms. The van der Waals surface area contributed by atoms with E-state index in [2.05, 4.69) is 5.32 Å². The van der Waals surface area contributed by atoms with Gasteiger partial charge in [-0.3, -0.25) is 4.90 Å². The van der Waals surface area contributed by atoms with Crippen molar-refractivity contribution in [1.29, 1.82) is 0 Å². The first-order valence-corrected chi connectivity index (χ1v) is 9.85. The smallest absolute Gasteiger partial charge is 0.390 e. The summed E-state index contributed by atoms with van der Waals surface area (Å²) in [5, 5.41) is 3.19. The van der Waals surface area contributed by atoms with Gasteiger partial charge in [-0.1, -0.05) is 30.3 Å². The third-order valence-corrected chi connectivity index (χ3v) is 5.13. The summed E-state index contributed by atoms with van der Waals surface area (Å²) in [5.74, 6) is 1.15. The van der Waals surface area contributed by atoms with E-state index in [4.69, 9.17) is 14.2 Å². The van der Waals surface area contributed by atoms with Gasteiger partial charge in [0.05, 0.1) is 20.6 Å². The van der Waals surface area contributed by atoms with Crippen molar-refractivity contribution in [2.75, 3.05) is 40.4 Å². The number of benzene rings is 2. The van der Waals surface area contributed by atoms with Crippen LogP contribution < -0.4 is 19.5 Å². The fourth-order valence-electron chi connectivity index (χ4n) is 3.65. The molecule has 0 unspecified atom stereocenters. The molecule has 1 N–H and O–H groups in total. The van der Waals surface area contributed by atoms with E-state index in [0.717, 1.165) is 5.56 Å². The maximum Gasteiger partial charge on any atom is 0.390 e. The minimum absolute atomic E-state index is 0. The molecule has 1 atom stereocenters. The van der Waals surface area contributed by atoms with Crippen LogP contribution in [0.15, 0.2) is 42.5 Å². The third kappa shape index (κ3) is 6.92. The van der Waals surface area contributed by atoms with E-state index in [0.29, 0.717) is 49.0 Å². The maximum atomic E-state index is 13.5. The van der Waals surface area contributed by atoms with Gasteiger partial charge >= 0.3 is 6.18 Å². The summed E-state index contributed by atoms with van der Waals surface area (Å²) in [6, 6.07) is 11.8. The molecular weight excluding hydrogens is 433 g/mol. The topological polar surface area (TPSA) is 43.0 Å². The van der Waals surface area contributed by atoms with Gasteiger partial charge in [0, 0.05) is 43.9 Å². The molecular formula is C22H28ClF3N2O3. The molecule has 5 nitrogen and oxygen atoms in total. The molecule has 1 aliphatic heterocycles. The fourth-order valence-corrected chi connectivity index (χ4v) is 3.65. The minimum atomic E-state index is -4.32. The number of halogens is 4. The maximum absolute atomic E-state index is 13.5. The molecule has 1 aliphatic rings. The van der Waals surface area contributed by atoms with E-state index in [-0.39, 0.29) is 19.0 Å². The number of ether oxygens (including phenoxy) is 3. The van der Waals surface area contributed by atoms with Crippen molar-refractivity contribution in [2.24, 2.45) is 0 Å². The Balaban J connectivity index is 0.00000341. The highest BCUT2D eigenvalue weighted by Gasteiger charge is 2.37. The Morgan fingerprint density at radius 3 is 2.16 bits per heavy atom. The van der Waals surface area contributed by atoms with E-state index in [9.17, 15) is 13.2 Å². The molecule has 9 heteroatoms. The second-order valence-electron chi connectivity index (χ2n) is 7.14. The van der Waals surface area contributed by atoms with Crippen molar-refractivity contribution >= 4 is 12.4 Å². The molecule has 2 aromatic rings. The number of nitrogens with one attached hydrogen (secondary N) is 1. The van der Waals surface area contributed by atoms with Crippen LogP contribution in [0.4, 0.5) is 13.2 Å². The van der Waals surface area contributed by atoms with Gasteiger partial charge in [-0.2, -0.15) is 13.2 Å². The van der Waals surface area contributed by atoms with Crippen LogP contribution in [0.25, 0.3) is 0 Å². The Kier molecular flexibility index (Phi) is 9.28. The summed E-state index contributed by atoms with van der Waals surface area (Å²) in [7, 11) is 2.96. The Morgan fingerprint density at radius 1 is 0.968 bits per heavy atom. The molecule has 1 heterocycles. The van der Waals surface area contributed by atoms with Crippen molar-refractivity contribution in [2.45, 2.75) is 25.2 Å². The van der Waals surface area contributed by atoms with E-state index in [1.54, 1.807) is 12.1 Å². The minimum Gasteiger partial charge on any atom is -0.493 e. The Labute approximate surface area is 186 Å². The number of nitrogens with zero attached hydrogens (tertiary/aromatic N) is 1. The Hall–Kier alpha value is -2.16. The van der Waals surface area contributed by atoms with Crippen molar-refractivity contribution < 1.29 is 27.4 Å². The lowest BCUT2D eigenvalue weighted by Crippen LogP contribution is -2.46. The average molecular weight is 461 g/mol. The molecule has 0 radical (unpaired) electrons. The van der Waals surface area contributed by atoms with Crippen molar-refractivity contribution in [1.82, 2.24) is 10.2 Å². The number of rotatable bonds is 8. The second-order valence-corrected chi connectivity index (χ2v) is 7.14. The van der Waals surface area contributed by atoms with Crippen molar-refractivity contribution in [3.63, 3.8) is 0 Å². The quantitative estimate of drug-likeness (QED) is 0.623. The third-order valence-electron chi connectivity index (χ3n) is 5.13. The first kappa shape index (κ1) is 25.1. The molecule has 31 heavy (non-hydrogen) atoms. The lowest BCUT2D eigenvalue weighted by atomic mass is 9.98. The van der Waals surface area contributed by atoms with E-state index >= 15 is 0 Å². The molecule has 0 saturated carbocycles. The van der Waals surface area contributed by atoms with Gasteiger partial charge < -0.3 is 19.5 Å². The lowest BCUT2D eigenvalue weighted by Gasteiger charge is -2.36. The van der Waals surface area contributed by atoms with Gasteiger partial charge in [0.1, 0.15) is 12.4 Å². The largest absolute Gasteiger partial charge is 0.493 e. The summed E-state index contributed by atoms with van der Waals surface area (Å²) in [5.41, 5.74) is 1.37. The van der Waals surface area contributed by atoms with Gasteiger partial charge in [-0.05, 0) is 11.6 Å². The van der Waals surface area contributed by atoms with Crippen LogP contribution in [0.3, 0.4) is 0 Å². The van der Waals surface area contributed by atoms with E-state index in [1.807, 2.05) is 35.2 Å². The SMILES string of the molecule is COc1cc(OCc2ccccc2)c([C@@H](CC(F)(F)F)N2CCNCC2)cc1OC.Cl. The van der Waals surface area contributed by atoms with Crippen LogP contribution >= 0.6 is 12.4 Å². The lowest BCUT2D eigenvalue weighted by molar-refractivity contribution is -0.148. The monoisotopic (exact) mass is 460 g/mol. The second kappa shape index (κ2) is 11.5. The Morgan fingerprint density at radius 2 is 1.58 bits per heavy atom. The highest BCUT2D eigenvalue weighted by atomic mass is 35.5. The zero-order chi connectivity index (χ0) is 21.6. The molecule has 0 aliphatic carbocycles. The van der Waals surface area contributed by atoms with Crippen LogP contribution in [0.2, 0.25) is 0 Å². The molecule has 0 bridgehead atoms. The summed E-state index contributed by atoms with van der Waals surface area (Å²) in [4.78, 5) is 1.85. The first-order chi connectivity index (χ1) is 14.4. The molecule has 0 amide bonds. The predicted octanol–water partition coefficient (Wildman–Crippen LogP) is 4.60. The number of piperazine rings is 1. The highest BCUT2D eigenvalue weighted by Crippen LogP contribution is 2.43. The molecule has 0 aromatic heterocycles. The fraction of sp³-hybridized carbons (Fsp3) is 0.455. The first-order valence-electron chi connectivity index (χ1n) is 9.85. The summed E-state index contributed by atoms with van der Waals surface area (Å²) >= 11 is 0. The van der Waals surface area contributed by atoms with E-state index in [1.165, 1.54) is 14.2 Å². The standard InChI is InChI=1S/C22H27F3N2O3.ClH/c1-28-20-12-17(18(14-22(23,24)25)27-10-8-26-9-11-27)19(13-21(20)29-2)30-15-16-6-4-3-5-7-16;/h3-7,12-13,18,26H,8-11,14-15H2,1-2H3;1H/t18-;/m1./s1. The number of methoxy groups -OCH3 is 2. The van der Waals surface area contributed by atoms with E-state index < -0.39 is 18.6 Å². The van der Waals surface area contributed by atoms with Crippen LogP contribution in [0.5, 0.6) is 17.2 Å². The van der Waals surface area contributed by atoms with Gasteiger partial charge in [-0.25, -0.2) is 0 Å². The molecule has 172 valence electrons. The average Bonchev–Trinajstić information content (AvgIpc) is 2.76. The molecule has 3 rings (SSSR count). The van der Waals surface area contributed by atoms with Gasteiger partial charge in [0.25, 0.3) is 0 Å². The van der Waals surface area contributed by atoms with Crippen LogP contribution in [0, 0.1) is 0 Å². The highest BCUT2D eigenvalue weighted by molar-refractivity contribution is 5.85. The molecule has 1 fully saturated rings. The van der Waals surface area contributed by atoms with Crippen LogP contribution in [-0.2, 0) is 6.61 Å². The predicted molar refractivity (Wildman–Crippen MR) is 115 cm³/mol. The van der Waals surface area contributed by atoms with Gasteiger partial charge in [0.15, 0.2) is 11.5 Å². The zero-order valence-corrected chi connectivity index (χ0v) is 18.4. The number of hydrogen-bond donors (Lipinski definition) is 1. The van der Waals surface area contributed by atoms with Crippen molar-refractivity contribution in [3.05, 3.63) is 53.6 Å². The summed E-state index contributed by atoms with van der Waals surface area (Å²) in [6.07, 6.45) is -5.29. The normalized spacial score (nSPS) is 15.6. The number of alkyl halides is 3. The zero-order valence-electron chi connectivity index (χ0n) is 17.6. The van der Waals surface area contributed by atoms with Crippen LogP contribution in [0.1, 0.15) is 23.6 Å². The van der Waals surface area contributed by atoms with Crippen molar-refractivity contribution in [3.8, 4) is 17.2 Å². The molecule has 2 aromatic carbocycles. The van der Waals surface area contributed by atoms with Gasteiger partial charge in [0.2, 0.25) is 0 Å². The summed E-state index contributed by atoms with van der Waals surface area (Å²) in [6.45, 7) is 2.56. The summed E-state index contributed by atoms with van der Waals surface area (Å²) < 4.78 is 57.3. The number of hydrogen-bond acceptors (Lipinski definition) is 5. The van der Waals surface area contributed by atoms with Gasteiger partial charge in [-0.15, -0.1) is 12.4 Å². The van der Waals surface area contributed by atoms with Crippen LogP contribution in [-0.4, -0.2) is 51.5 Å². The molecule has 1 saturated heterocycles. The Bertz CT molecular complexity index is 816.